The van der Waals surface area contributed by atoms with Crippen molar-refractivity contribution in [1.29, 1.82) is 0 Å². The smallest absolute Gasteiger partial charge is 0.312 e. The van der Waals surface area contributed by atoms with Gasteiger partial charge in [0.05, 0.1) is 32.5 Å². The van der Waals surface area contributed by atoms with Gasteiger partial charge in [0.25, 0.3) is 0 Å². The van der Waals surface area contributed by atoms with E-state index in [1.54, 1.807) is 0 Å². The molecule has 17 aliphatic rings. The molecule has 12 bridgehead atoms. The number of carbonyl (C=O) groups excluding carboxylic acids is 6. The SMILES string of the molecule is C.C.C.C.C.C.C.C.C.C.C.C.C.C.C.C.CC.CC.CC.CC.CC.CC.CCC(C)(C)C(=O)OC(C)(C)C12CC3CC(CC(C3)C1)C2.CCC(C)(C)C(=O)OC1(C)C2CC3CC(C2)CC1C3.CCC(C)(C)C(=O)OC1(C)CC2CC1C1CCCC21.CCC(C)(C)C(=O)OC1(C)CC2CCC1C2.CCC(C)(C)C(=O)OC1(C)CCC2CCCCC2C1.CCC(C)(C)C(=O)OC1(C)CCCC2CCCCC21. The molecule has 17 rings (SSSR count). The summed E-state index contributed by atoms with van der Waals surface area (Å²) < 4.78 is 36.2. The van der Waals surface area contributed by atoms with Crippen LogP contribution in [-0.4, -0.2) is 69.4 Å². The number of hydrogen-bond donors (Lipinski definition) is 0. The highest BCUT2D eigenvalue weighted by atomic mass is 16.6. The van der Waals surface area contributed by atoms with Crippen LogP contribution < -0.4 is 0 Å². The lowest BCUT2D eigenvalue weighted by Gasteiger charge is -2.61. The fourth-order valence-electron chi connectivity index (χ4n) is 26.0. The maximum absolute atomic E-state index is 12.6. The van der Waals surface area contributed by atoms with Crippen molar-refractivity contribution < 1.29 is 57.2 Å². The lowest BCUT2D eigenvalue weighted by atomic mass is 9.46. The monoisotopic (exact) mass is 2010 g/mol. The standard InChI is InChI=1S/C19H32O2.2C17H28O2.2C17H30O2.C14H24O2.6C2H6.16CH4/c1-6-17(2,3)16(20)21-18(4,5)19-10-13-7-14(11-19)9-15(8-13)12-19;1-5-16(2,3)15(18)19-17(4)13-7-11-6-12(9-13)10-14(17)8-11;1-5-16(2,3)15(18)19-17(4)10-11-9-14(17)13-8-6-7-12(11)13;1-5-16(2,3)15(18)19-17(4)12-8-10-13-9-6-7-11-14(13)17;1-5-16(2,3)15(18)19-17(4)11-10-13-8-6-7-9-14(13)12-17;1-5-13(2,3)12(15)16-14(4)9-10-6-7-11(14)8-10;6*1-2;;;;;;;;;;;;;;;;/h13-15H,6-12H2,1-5H3;2*11-14H,5-10H2,1-4H3;2*13-14H,5-12H2,1-4H3;10-11H,5-9H2,1-4H3;6*1-2H3;16*1H4. The van der Waals surface area contributed by atoms with Crippen LogP contribution in [-0.2, 0) is 57.2 Å². The number of esters is 6. The van der Waals surface area contributed by atoms with Gasteiger partial charge < -0.3 is 28.4 Å². The first-order valence-corrected chi connectivity index (χ1v) is 53.9. The van der Waals surface area contributed by atoms with Crippen LogP contribution >= 0.6 is 0 Å². The molecule has 14 unspecified atom stereocenters. The third-order valence-corrected chi connectivity index (χ3v) is 36.3. The van der Waals surface area contributed by atoms with E-state index in [9.17, 15) is 28.8 Å². The van der Waals surface area contributed by atoms with E-state index in [0.29, 0.717) is 29.6 Å². The van der Waals surface area contributed by atoms with Crippen molar-refractivity contribution in [2.45, 2.75) is 665 Å². The maximum atomic E-state index is 12.6. The van der Waals surface area contributed by atoms with Gasteiger partial charge in [-0.15, -0.1) is 0 Å². The molecule has 17 saturated carbocycles. The molecule has 0 aromatic carbocycles. The fraction of sp³-hybridized carbons (Fsp3) is 0.953. The molecule has 0 aromatic heterocycles. The number of ether oxygens (including phenoxy) is 6. The zero-order valence-corrected chi connectivity index (χ0v) is 89.5. The van der Waals surface area contributed by atoms with Crippen molar-refractivity contribution >= 4 is 35.8 Å². The number of carbonyl (C=O) groups is 6. The first-order valence-electron chi connectivity index (χ1n) is 53.9. The zero-order valence-electron chi connectivity index (χ0n) is 89.5. The summed E-state index contributed by atoms with van der Waals surface area (Å²) >= 11 is 0. The second kappa shape index (κ2) is 70.0. The van der Waals surface area contributed by atoms with Crippen molar-refractivity contribution in [3.63, 3.8) is 0 Å². The summed E-state index contributed by atoms with van der Waals surface area (Å²) in [5.41, 5.74) is -3.01. The molecular weight excluding hydrogens is 1740 g/mol. The summed E-state index contributed by atoms with van der Waals surface area (Å²) in [6.45, 7) is 75.6. The molecule has 12 nitrogen and oxygen atoms in total. The lowest BCUT2D eigenvalue weighted by Crippen LogP contribution is -2.58. The molecule has 17 aliphatic carbocycles. The molecule has 0 N–H and O–H groups in total. The van der Waals surface area contributed by atoms with E-state index in [1.165, 1.54) is 186 Å². The molecule has 0 spiro atoms. The van der Waals surface area contributed by atoms with Crippen LogP contribution in [0.15, 0.2) is 0 Å². The predicted octanol–water partition coefficient (Wildman–Crippen LogP) is 42.6. The van der Waals surface area contributed by atoms with Crippen molar-refractivity contribution in [3.05, 3.63) is 0 Å². The van der Waals surface area contributed by atoms with E-state index < -0.39 is 0 Å². The van der Waals surface area contributed by atoms with E-state index in [4.69, 9.17) is 28.4 Å². The minimum atomic E-state index is -0.362. The van der Waals surface area contributed by atoms with Crippen LogP contribution in [0.3, 0.4) is 0 Å². The zero-order chi connectivity index (χ0) is 95.3. The highest BCUT2D eigenvalue weighted by Crippen LogP contribution is 2.67. The van der Waals surface area contributed by atoms with Gasteiger partial charge in [0.2, 0.25) is 0 Å². The van der Waals surface area contributed by atoms with Crippen LogP contribution in [0, 0.1) is 139 Å². The summed E-state index contributed by atoms with van der Waals surface area (Å²) in [7, 11) is 0. The molecule has 12 heteroatoms. The van der Waals surface area contributed by atoms with Crippen molar-refractivity contribution in [2.75, 3.05) is 0 Å². The Morgan fingerprint density at radius 2 is 0.574 bits per heavy atom. The third-order valence-electron chi connectivity index (χ3n) is 36.3. The quantitative estimate of drug-likeness (QED) is 0.0892. The second-order valence-electron chi connectivity index (χ2n) is 47.1. The molecule has 0 heterocycles. The van der Waals surface area contributed by atoms with Gasteiger partial charge in [0.15, 0.2) is 0 Å². The Morgan fingerprint density at radius 1 is 0.248 bits per heavy atom. The second-order valence-corrected chi connectivity index (χ2v) is 47.1. The predicted molar refractivity (Wildman–Crippen MR) is 632 cm³/mol. The molecule has 0 aliphatic heterocycles. The molecule has 0 radical (unpaired) electrons. The van der Waals surface area contributed by atoms with Gasteiger partial charge in [-0.1, -0.05) is 295 Å². The van der Waals surface area contributed by atoms with Crippen LogP contribution in [0.2, 0.25) is 0 Å². The Balaban J connectivity index is -0.000000121. The van der Waals surface area contributed by atoms with E-state index >= 15 is 0 Å². The average molecular weight is 2020 g/mol. The Morgan fingerprint density at radius 3 is 0.957 bits per heavy atom. The van der Waals surface area contributed by atoms with Gasteiger partial charge in [-0.2, -0.15) is 0 Å². The Labute approximate surface area is 891 Å². The molecule has 0 saturated heterocycles. The van der Waals surface area contributed by atoms with Gasteiger partial charge in [-0.05, 0) is 426 Å². The van der Waals surface area contributed by atoms with Gasteiger partial charge in [0.1, 0.15) is 33.6 Å². The summed E-state index contributed by atoms with van der Waals surface area (Å²) in [4.78, 5) is 74.3. The largest absolute Gasteiger partial charge is 0.459 e. The highest BCUT2D eigenvalue weighted by molar-refractivity contribution is 5.79. The van der Waals surface area contributed by atoms with Crippen LogP contribution in [0.1, 0.15) is 632 Å². The number of fused-ring (bicyclic) bond motifs is 9. The summed E-state index contributed by atoms with van der Waals surface area (Å²) in [5, 5.41) is 0. The first-order chi connectivity index (χ1) is 58.5. The van der Waals surface area contributed by atoms with Gasteiger partial charge >= 0.3 is 35.8 Å². The summed E-state index contributed by atoms with van der Waals surface area (Å²) in [6.07, 6.45) is 49.2. The Kier molecular flexibility index (Phi) is 82.3. The Bertz CT molecular complexity index is 3190. The van der Waals surface area contributed by atoms with Crippen LogP contribution in [0.25, 0.3) is 0 Å². The normalized spacial score (nSPS) is 31.9. The van der Waals surface area contributed by atoms with E-state index in [1.807, 2.05) is 173 Å². The van der Waals surface area contributed by atoms with E-state index in [2.05, 4.69) is 83.1 Å². The average Bonchev–Trinajstić information content (AvgIpc) is 0.770. The number of hydrogen-bond acceptors (Lipinski definition) is 12. The maximum Gasteiger partial charge on any atom is 0.312 e. The highest BCUT2D eigenvalue weighted by Gasteiger charge is 2.64. The fourth-order valence-corrected chi connectivity index (χ4v) is 26.0. The van der Waals surface area contributed by atoms with Crippen molar-refractivity contribution in [3.8, 4) is 0 Å². The minimum Gasteiger partial charge on any atom is -0.459 e. The molecule has 141 heavy (non-hydrogen) atoms. The molecular formula is C129H272O12. The Hall–Kier alpha value is -3.18. The molecule has 0 aromatic rings. The minimum absolute atomic E-state index is 0. The van der Waals surface area contributed by atoms with Gasteiger partial charge in [-0.25, -0.2) is 0 Å². The van der Waals surface area contributed by atoms with E-state index in [-0.39, 0.29) is 226 Å². The number of rotatable bonds is 19. The third kappa shape index (κ3) is 40.5. The van der Waals surface area contributed by atoms with Gasteiger partial charge in [-0.3, -0.25) is 28.8 Å². The van der Waals surface area contributed by atoms with Crippen molar-refractivity contribution in [2.24, 2.45) is 139 Å². The van der Waals surface area contributed by atoms with Crippen LogP contribution in [0.5, 0.6) is 0 Å². The molecule has 14 atom stereocenters. The van der Waals surface area contributed by atoms with Gasteiger partial charge in [0, 0.05) is 17.3 Å². The topological polar surface area (TPSA) is 158 Å². The molecule has 17 fully saturated rings. The van der Waals surface area contributed by atoms with Crippen molar-refractivity contribution in [1.82, 2.24) is 0 Å². The molecule has 860 valence electrons. The summed E-state index contributed by atoms with van der Waals surface area (Å²) in [5.74, 6) is 13.6. The van der Waals surface area contributed by atoms with E-state index in [0.717, 1.165) is 142 Å². The first kappa shape index (κ1) is 166. The molecule has 0 amide bonds. The summed E-state index contributed by atoms with van der Waals surface area (Å²) in [6, 6.07) is 0. The lowest BCUT2D eigenvalue weighted by molar-refractivity contribution is -0.211. The van der Waals surface area contributed by atoms with Crippen LogP contribution in [0.4, 0.5) is 0 Å².